The molecule has 3 aliphatic heterocycles. The Morgan fingerprint density at radius 3 is 1.88 bits per heavy atom. The minimum absolute atomic E-state index is 0. The summed E-state index contributed by atoms with van der Waals surface area (Å²) in [7, 11) is 0. The van der Waals surface area contributed by atoms with Gasteiger partial charge in [0.15, 0.2) is 18.2 Å². The van der Waals surface area contributed by atoms with Crippen molar-refractivity contribution in [2.75, 3.05) is 13.2 Å². The summed E-state index contributed by atoms with van der Waals surface area (Å²) in [6.45, 7) is 3.38. The molecule has 0 bridgehead atoms. The number of aromatic hydroxyl groups is 2. The monoisotopic (exact) mass is 863 g/mol. The number of benzene rings is 2. The van der Waals surface area contributed by atoms with E-state index in [4.69, 9.17) is 32.8 Å². The van der Waals surface area contributed by atoms with Gasteiger partial charge in [-0.25, -0.2) is 0 Å². The molecule has 3 fully saturated rings. The fourth-order valence-corrected chi connectivity index (χ4v) is 6.86. The van der Waals surface area contributed by atoms with E-state index < -0.39 is 128 Å². The fourth-order valence-electron chi connectivity index (χ4n) is 6.86. The average molecular weight is 864 g/mol. The van der Waals surface area contributed by atoms with E-state index in [1.807, 2.05) is 0 Å². The van der Waals surface area contributed by atoms with E-state index in [9.17, 15) is 66.1 Å². The molecule has 0 aliphatic carbocycles. The van der Waals surface area contributed by atoms with E-state index in [0.717, 1.165) is 11.6 Å². The third-order valence-electron chi connectivity index (χ3n) is 10.3. The number of aliphatic hydroxyl groups excluding tert-OH is 10. The van der Waals surface area contributed by atoms with E-state index in [1.165, 1.54) is 31.2 Å². The maximum absolute atomic E-state index is 14.7. The largest absolute Gasteiger partial charge is 1.00 e. The van der Waals surface area contributed by atoms with E-state index in [-0.39, 0.29) is 91.8 Å². The van der Waals surface area contributed by atoms with Crippen molar-refractivity contribution in [3.05, 3.63) is 57.8 Å². The van der Waals surface area contributed by atoms with Crippen molar-refractivity contribution in [2.24, 2.45) is 0 Å². The zero-order valence-corrected chi connectivity index (χ0v) is 35.5. The minimum atomic E-state index is -1.95. The normalized spacial score (nSPS) is 34.8. The van der Waals surface area contributed by atoms with Crippen molar-refractivity contribution >= 4 is 11.0 Å². The molecule has 0 saturated carbocycles. The molecule has 0 amide bonds. The second-order valence-electron chi connectivity index (χ2n) is 14.6. The van der Waals surface area contributed by atoms with Crippen molar-refractivity contribution in [3.8, 4) is 34.3 Å². The van der Waals surface area contributed by atoms with Crippen LogP contribution in [0.1, 0.15) is 26.3 Å². The number of allylic oxidation sites excluding steroid dienone is 2. The molecule has 3 saturated heterocycles. The van der Waals surface area contributed by atoms with Crippen LogP contribution in [0, 0.1) is 0 Å². The van der Waals surface area contributed by atoms with Crippen LogP contribution in [0.2, 0.25) is 0 Å². The van der Waals surface area contributed by atoms with Crippen LogP contribution in [0.4, 0.5) is 0 Å². The molecule has 6 rings (SSSR count). The molecule has 12 N–H and O–H groups in total. The molecule has 320 valence electrons. The van der Waals surface area contributed by atoms with Crippen LogP contribution in [0.15, 0.2) is 51.2 Å². The van der Waals surface area contributed by atoms with Crippen LogP contribution in [-0.4, -0.2) is 167 Å². The Morgan fingerprint density at radius 2 is 1.31 bits per heavy atom. The van der Waals surface area contributed by atoms with Crippen molar-refractivity contribution in [1.82, 2.24) is 0 Å². The Bertz CT molecular complexity index is 1980. The molecule has 4 heterocycles. The van der Waals surface area contributed by atoms with Crippen LogP contribution < -0.4 is 66.3 Å². The number of rotatable bonds is 11. The van der Waals surface area contributed by atoms with Crippen molar-refractivity contribution in [3.63, 3.8) is 0 Å². The first kappa shape index (κ1) is 47.7. The molecule has 0 spiro atoms. The van der Waals surface area contributed by atoms with Gasteiger partial charge in [-0.05, 0) is 51.5 Å². The molecule has 15 atom stereocenters. The third-order valence-corrected chi connectivity index (χ3v) is 10.3. The van der Waals surface area contributed by atoms with Gasteiger partial charge >= 0.3 is 51.4 Å². The van der Waals surface area contributed by atoms with Crippen LogP contribution in [-0.2, 0) is 25.4 Å². The molecular weight excluding hydrogens is 815 g/mol. The molecule has 1 aromatic heterocycles. The summed E-state index contributed by atoms with van der Waals surface area (Å²) >= 11 is 0. The third kappa shape index (κ3) is 9.68. The Morgan fingerprint density at radius 1 is 0.729 bits per heavy atom. The summed E-state index contributed by atoms with van der Waals surface area (Å²) in [5, 5.41) is 125. The number of fused-ring (bicyclic) bond motifs is 1. The summed E-state index contributed by atoms with van der Waals surface area (Å²) in [4.78, 5) is 14.7. The number of hydrogen-bond acceptors (Lipinski definition) is 20. The molecule has 3 aliphatic rings. The second kappa shape index (κ2) is 19.8. The average Bonchev–Trinajstić information content (AvgIpc) is 3.19. The molecule has 0 radical (unpaired) electrons. The summed E-state index contributed by atoms with van der Waals surface area (Å²) in [5.74, 6) is -2.08. The quantitative estimate of drug-likeness (QED) is 0.0632. The van der Waals surface area contributed by atoms with E-state index >= 15 is 0 Å². The van der Waals surface area contributed by atoms with Crippen LogP contribution in [0.25, 0.3) is 22.3 Å². The van der Waals surface area contributed by atoms with Gasteiger partial charge in [-0.2, -0.15) is 0 Å². The number of ether oxygens (including phenoxy) is 6. The molecular formula is C38H48KO20+. The van der Waals surface area contributed by atoms with Gasteiger partial charge in [-0.15, -0.1) is 0 Å². The molecule has 3 aromatic rings. The van der Waals surface area contributed by atoms with Crippen LogP contribution in [0.5, 0.6) is 23.0 Å². The van der Waals surface area contributed by atoms with Crippen LogP contribution >= 0.6 is 0 Å². The maximum atomic E-state index is 14.7. The van der Waals surface area contributed by atoms with Gasteiger partial charge in [0.05, 0.1) is 19.3 Å². The van der Waals surface area contributed by atoms with Crippen molar-refractivity contribution < 1.29 is 146 Å². The van der Waals surface area contributed by atoms with Gasteiger partial charge in [0.1, 0.15) is 89.3 Å². The zero-order valence-electron chi connectivity index (χ0n) is 32.4. The first-order chi connectivity index (χ1) is 27.5. The van der Waals surface area contributed by atoms with Gasteiger partial charge < -0.3 is 94.1 Å². The molecule has 59 heavy (non-hydrogen) atoms. The summed E-state index contributed by atoms with van der Waals surface area (Å²) in [6.07, 6.45) is -23.8. The van der Waals surface area contributed by atoms with Crippen LogP contribution in [0.3, 0.4) is 0 Å². The number of phenols is 2. The smallest absolute Gasteiger partial charge is 0.508 e. The Hall–Kier alpha value is -2.33. The second-order valence-corrected chi connectivity index (χ2v) is 14.6. The van der Waals surface area contributed by atoms with Gasteiger partial charge in [-0.3, -0.25) is 4.79 Å². The number of aliphatic hydroxyl groups is 10. The first-order valence-electron chi connectivity index (χ1n) is 18.4. The van der Waals surface area contributed by atoms with Gasteiger partial charge in [0, 0.05) is 17.2 Å². The van der Waals surface area contributed by atoms with E-state index in [1.54, 1.807) is 19.9 Å². The van der Waals surface area contributed by atoms with Gasteiger partial charge in [-0.1, -0.05) is 11.6 Å². The van der Waals surface area contributed by atoms with E-state index in [2.05, 4.69) is 0 Å². The molecule has 21 heteroatoms. The number of hydrogen-bond donors (Lipinski definition) is 12. The Kier molecular flexibility index (Phi) is 16.0. The fraction of sp³-hybridized carbons (Fsp3) is 0.553. The molecule has 0 unspecified atom stereocenters. The number of phenolic OH excluding ortho intramolecular Hbond substituents is 2. The van der Waals surface area contributed by atoms with Crippen molar-refractivity contribution in [1.29, 1.82) is 0 Å². The van der Waals surface area contributed by atoms with E-state index in [0.29, 0.717) is 0 Å². The Balaban J connectivity index is 0.00000661. The summed E-state index contributed by atoms with van der Waals surface area (Å²) in [5.41, 5.74) is -0.255. The SMILES string of the molecule is CC(C)=CCc1c(O[C@@H]2O[C@H](CO)[C@@H](O)[C@H](O)[C@H]2O)cc(O)c2c(=O)c(O[C@@H]3O[C@@H](C)[C@H](O)[C@@H](O)[C@H]3O[C@@H]3O[C@H](CO)[C@@H](O)[C@H](O)[C@H]3O)c(-c3ccc(O)cc3)oc12.[K+]. The topological polar surface area (TPSA) is 328 Å². The molecule has 2 aromatic carbocycles. The standard InChI is InChI=1S/C38H48O20.K/c1-13(2)4-9-17-19(53-36-30(50)27(47)24(44)20(11-39)54-36)10-18(42)22-26(46)34(32(56-33(17)22)15-5-7-16(41)8-6-15)57-38-35(29(49)23(43)14(3)52-38)58-37-31(51)28(48)25(45)21(12-40)55-37;/h4-8,10,14,20-21,23-25,27-31,35-45,47-51H,9,11-12H2,1-3H3;/q;+1/t14-,20+,21+,23-,24+,25+,27-,28-,29+,30+,31+,35+,36+,37-,38-;/m0./s1. The maximum Gasteiger partial charge on any atom is 1.00 e. The van der Waals surface area contributed by atoms with Crippen molar-refractivity contribution in [2.45, 2.75) is 119 Å². The predicted molar refractivity (Wildman–Crippen MR) is 194 cm³/mol. The minimum Gasteiger partial charge on any atom is -0.508 e. The molecule has 20 nitrogen and oxygen atoms in total. The van der Waals surface area contributed by atoms with Gasteiger partial charge in [0.25, 0.3) is 0 Å². The first-order valence-corrected chi connectivity index (χ1v) is 18.4. The summed E-state index contributed by atoms with van der Waals surface area (Å²) < 4.78 is 41.1. The Labute approximate surface area is 378 Å². The zero-order chi connectivity index (χ0) is 42.3. The predicted octanol–water partition coefficient (Wildman–Crippen LogP) is -5.41. The summed E-state index contributed by atoms with van der Waals surface area (Å²) in [6, 6.07) is 6.28. The van der Waals surface area contributed by atoms with Gasteiger partial charge in [0.2, 0.25) is 23.8 Å².